The Bertz CT molecular complexity index is 377. The maximum absolute atomic E-state index is 10.9. The van der Waals surface area contributed by atoms with Crippen molar-refractivity contribution in [3.8, 4) is 0 Å². The van der Waals surface area contributed by atoms with E-state index in [1.165, 1.54) is 6.92 Å². The van der Waals surface area contributed by atoms with Crippen molar-refractivity contribution >= 4 is 37.8 Å². The molecule has 0 bridgehead atoms. The fourth-order valence-corrected chi connectivity index (χ4v) is 2.48. The minimum absolute atomic E-state index is 0.549. The minimum Gasteiger partial charge on any atom is -0.480 e. The molecular weight excluding hydrogens is 314 g/mol. The molecule has 0 saturated carbocycles. The van der Waals surface area contributed by atoms with Crippen LogP contribution in [0.3, 0.4) is 0 Å². The Hall–Kier alpha value is -0.390. The largest absolute Gasteiger partial charge is 0.480 e. The Kier molecular flexibility index (Phi) is 3.34. The minimum atomic E-state index is -1.38. The topological polar surface area (TPSA) is 63.3 Å². The summed E-state index contributed by atoms with van der Waals surface area (Å²) >= 11 is 6.56. The van der Waals surface area contributed by atoms with Crippen LogP contribution in [-0.2, 0) is 10.3 Å². The van der Waals surface area contributed by atoms with Crippen molar-refractivity contribution in [3.63, 3.8) is 0 Å². The van der Waals surface area contributed by atoms with Gasteiger partial charge in [0.1, 0.15) is 5.54 Å². The Labute approximate surface area is 98.6 Å². The quantitative estimate of drug-likeness (QED) is 0.879. The van der Waals surface area contributed by atoms with Gasteiger partial charge in [-0.15, -0.1) is 0 Å². The Morgan fingerprint density at radius 3 is 2.50 bits per heavy atom. The van der Waals surface area contributed by atoms with E-state index >= 15 is 0 Å². The summed E-state index contributed by atoms with van der Waals surface area (Å²) in [5, 5.41) is 8.93. The lowest BCUT2D eigenvalue weighted by Crippen LogP contribution is -2.41. The standard InChI is InChI=1S/C9H9Br2NO2/c1-9(12,8(13)14)6-3-2-5(10)4-7(6)11/h2-4H,12H2,1H3,(H,13,14). The fraction of sp³-hybridized carbons (Fsp3) is 0.222. The number of halogens is 2. The number of nitrogens with two attached hydrogens (primary N) is 1. The summed E-state index contributed by atoms with van der Waals surface area (Å²) in [6, 6.07) is 5.21. The Balaban J connectivity index is 3.26. The van der Waals surface area contributed by atoms with E-state index in [0.29, 0.717) is 10.0 Å². The SMILES string of the molecule is CC(N)(C(=O)O)c1ccc(Br)cc1Br. The first-order chi connectivity index (χ1) is 6.35. The molecule has 0 aromatic heterocycles. The van der Waals surface area contributed by atoms with Crippen LogP contribution >= 0.6 is 31.9 Å². The molecular formula is C9H9Br2NO2. The molecule has 0 aliphatic rings. The predicted molar refractivity (Wildman–Crippen MR) is 61.0 cm³/mol. The van der Waals surface area contributed by atoms with Crippen LogP contribution in [0.2, 0.25) is 0 Å². The summed E-state index contributed by atoms with van der Waals surface area (Å²) in [6.07, 6.45) is 0. The van der Waals surface area contributed by atoms with E-state index < -0.39 is 11.5 Å². The number of hydrogen-bond acceptors (Lipinski definition) is 2. The fourth-order valence-electron chi connectivity index (χ4n) is 1.03. The third-order valence-electron chi connectivity index (χ3n) is 1.93. The first kappa shape index (κ1) is 11.7. The van der Waals surface area contributed by atoms with Crippen LogP contribution in [0.5, 0.6) is 0 Å². The second kappa shape index (κ2) is 4.00. The number of aliphatic carboxylic acids is 1. The molecule has 3 nitrogen and oxygen atoms in total. The van der Waals surface area contributed by atoms with E-state index in [1.807, 2.05) is 0 Å². The van der Waals surface area contributed by atoms with Crippen LogP contribution in [-0.4, -0.2) is 11.1 Å². The third-order valence-corrected chi connectivity index (χ3v) is 3.08. The summed E-state index contributed by atoms with van der Waals surface area (Å²) in [5.74, 6) is -1.06. The zero-order valence-corrected chi connectivity index (χ0v) is 10.6. The average Bonchev–Trinajstić information content (AvgIpc) is 2.02. The van der Waals surface area contributed by atoms with Gasteiger partial charge < -0.3 is 10.8 Å². The lowest BCUT2D eigenvalue weighted by atomic mass is 9.94. The number of carbonyl (C=O) groups is 1. The first-order valence-electron chi connectivity index (χ1n) is 3.83. The summed E-state index contributed by atoms with van der Waals surface area (Å²) in [5.41, 5.74) is 4.86. The van der Waals surface area contributed by atoms with E-state index in [4.69, 9.17) is 10.8 Å². The molecule has 0 heterocycles. The molecule has 1 unspecified atom stereocenters. The Morgan fingerprint density at radius 1 is 1.50 bits per heavy atom. The highest BCUT2D eigenvalue weighted by Gasteiger charge is 2.31. The van der Waals surface area contributed by atoms with Gasteiger partial charge in [-0.3, -0.25) is 0 Å². The molecule has 0 spiro atoms. The molecule has 0 radical (unpaired) electrons. The van der Waals surface area contributed by atoms with Crippen molar-refractivity contribution in [1.82, 2.24) is 0 Å². The predicted octanol–water partition coefficient (Wildman–Crippen LogP) is 2.47. The van der Waals surface area contributed by atoms with Gasteiger partial charge in [0.05, 0.1) is 0 Å². The molecule has 76 valence electrons. The molecule has 5 heteroatoms. The molecule has 0 aliphatic heterocycles. The molecule has 0 amide bonds. The molecule has 0 fully saturated rings. The van der Waals surface area contributed by atoms with Gasteiger partial charge in [0.25, 0.3) is 0 Å². The lowest BCUT2D eigenvalue weighted by Gasteiger charge is -2.21. The van der Waals surface area contributed by atoms with E-state index in [1.54, 1.807) is 18.2 Å². The average molecular weight is 323 g/mol. The van der Waals surface area contributed by atoms with E-state index in [9.17, 15) is 4.79 Å². The van der Waals surface area contributed by atoms with Gasteiger partial charge in [-0.1, -0.05) is 37.9 Å². The van der Waals surface area contributed by atoms with Crippen molar-refractivity contribution in [3.05, 3.63) is 32.7 Å². The third kappa shape index (κ3) is 2.16. The molecule has 0 saturated heterocycles. The lowest BCUT2D eigenvalue weighted by molar-refractivity contribution is -0.143. The van der Waals surface area contributed by atoms with E-state index in [0.717, 1.165) is 4.47 Å². The highest BCUT2D eigenvalue weighted by molar-refractivity contribution is 9.11. The number of benzene rings is 1. The Morgan fingerprint density at radius 2 is 2.07 bits per heavy atom. The number of hydrogen-bond donors (Lipinski definition) is 2. The van der Waals surface area contributed by atoms with Gasteiger partial charge in [-0.25, -0.2) is 4.79 Å². The van der Waals surface area contributed by atoms with Crippen LogP contribution in [0.4, 0.5) is 0 Å². The van der Waals surface area contributed by atoms with Crippen molar-refractivity contribution in [2.45, 2.75) is 12.5 Å². The van der Waals surface area contributed by atoms with Crippen LogP contribution < -0.4 is 5.73 Å². The highest BCUT2D eigenvalue weighted by Crippen LogP contribution is 2.29. The monoisotopic (exact) mass is 321 g/mol. The van der Waals surface area contributed by atoms with Crippen LogP contribution in [0, 0.1) is 0 Å². The summed E-state index contributed by atoms with van der Waals surface area (Å²) < 4.78 is 1.55. The molecule has 1 aromatic rings. The summed E-state index contributed by atoms with van der Waals surface area (Å²) in [6.45, 7) is 1.46. The van der Waals surface area contributed by atoms with Crippen molar-refractivity contribution in [2.75, 3.05) is 0 Å². The van der Waals surface area contributed by atoms with E-state index in [2.05, 4.69) is 31.9 Å². The normalized spacial score (nSPS) is 14.9. The van der Waals surface area contributed by atoms with Gasteiger partial charge >= 0.3 is 5.97 Å². The number of carboxylic acids is 1. The highest BCUT2D eigenvalue weighted by atomic mass is 79.9. The zero-order chi connectivity index (χ0) is 10.9. The van der Waals surface area contributed by atoms with Crippen LogP contribution in [0.1, 0.15) is 12.5 Å². The molecule has 1 atom stereocenters. The van der Waals surface area contributed by atoms with Gasteiger partial charge in [-0.2, -0.15) is 0 Å². The van der Waals surface area contributed by atoms with Gasteiger partial charge in [0.15, 0.2) is 0 Å². The first-order valence-corrected chi connectivity index (χ1v) is 5.42. The van der Waals surface area contributed by atoms with Gasteiger partial charge in [0.2, 0.25) is 0 Å². The van der Waals surface area contributed by atoms with Crippen LogP contribution in [0.25, 0.3) is 0 Å². The smallest absolute Gasteiger partial charge is 0.328 e. The molecule has 0 aliphatic carbocycles. The maximum Gasteiger partial charge on any atom is 0.328 e. The van der Waals surface area contributed by atoms with Crippen molar-refractivity contribution in [1.29, 1.82) is 0 Å². The molecule has 14 heavy (non-hydrogen) atoms. The summed E-state index contributed by atoms with van der Waals surface area (Å²) in [7, 11) is 0. The van der Waals surface area contributed by atoms with Crippen molar-refractivity contribution < 1.29 is 9.90 Å². The zero-order valence-electron chi connectivity index (χ0n) is 7.42. The summed E-state index contributed by atoms with van der Waals surface area (Å²) in [4.78, 5) is 10.9. The van der Waals surface area contributed by atoms with Crippen molar-refractivity contribution in [2.24, 2.45) is 5.73 Å². The molecule has 1 aromatic carbocycles. The maximum atomic E-state index is 10.9. The number of carboxylic acid groups (broad SMARTS) is 1. The van der Waals surface area contributed by atoms with Crippen LogP contribution in [0.15, 0.2) is 27.1 Å². The second-order valence-corrected chi connectivity index (χ2v) is 4.90. The van der Waals surface area contributed by atoms with Gasteiger partial charge in [-0.05, 0) is 24.6 Å². The second-order valence-electron chi connectivity index (χ2n) is 3.13. The number of rotatable bonds is 2. The molecule has 3 N–H and O–H groups in total. The van der Waals surface area contributed by atoms with Gasteiger partial charge in [0, 0.05) is 8.95 Å². The molecule has 1 rings (SSSR count). The van der Waals surface area contributed by atoms with E-state index in [-0.39, 0.29) is 0 Å².